The number of rotatable bonds is 7. The van der Waals surface area contributed by atoms with E-state index in [0.29, 0.717) is 42.8 Å². The van der Waals surface area contributed by atoms with Crippen molar-refractivity contribution in [1.82, 2.24) is 4.90 Å². The second-order valence-corrected chi connectivity index (χ2v) is 4.50. The molecule has 0 bridgehead atoms. The lowest BCUT2D eigenvalue weighted by molar-refractivity contribution is 0.146. The molecule has 6 heteroatoms. The smallest absolute Gasteiger partial charge is 0.321 e. The Hall–Kier alpha value is -1.46. The van der Waals surface area contributed by atoms with E-state index in [1.165, 1.54) is 0 Å². The van der Waals surface area contributed by atoms with Gasteiger partial charge in [0.15, 0.2) is 0 Å². The molecule has 0 radical (unpaired) electrons. The van der Waals surface area contributed by atoms with Crippen LogP contribution in [0.1, 0.15) is 13.8 Å². The fraction of sp³-hybridized carbons (Fsp3) is 0.500. The third-order valence-corrected chi connectivity index (χ3v) is 3.07. The van der Waals surface area contributed by atoms with Crippen LogP contribution in [0.3, 0.4) is 0 Å². The fourth-order valence-electron chi connectivity index (χ4n) is 1.64. The first kappa shape index (κ1) is 16.6. The largest absolute Gasteiger partial charge is 0.490 e. The zero-order valence-corrected chi connectivity index (χ0v) is 12.9. The van der Waals surface area contributed by atoms with Gasteiger partial charge in [-0.3, -0.25) is 0 Å². The Morgan fingerprint density at radius 3 is 2.55 bits per heavy atom. The van der Waals surface area contributed by atoms with Gasteiger partial charge in [0, 0.05) is 25.9 Å². The van der Waals surface area contributed by atoms with E-state index in [-0.39, 0.29) is 6.03 Å². The van der Waals surface area contributed by atoms with Crippen LogP contribution in [0.15, 0.2) is 18.2 Å². The lowest BCUT2D eigenvalue weighted by Crippen LogP contribution is -2.34. The van der Waals surface area contributed by atoms with E-state index in [1.54, 1.807) is 30.2 Å². The van der Waals surface area contributed by atoms with Gasteiger partial charge in [0.05, 0.1) is 11.6 Å². The van der Waals surface area contributed by atoms with Crippen molar-refractivity contribution in [1.29, 1.82) is 0 Å². The van der Waals surface area contributed by atoms with Crippen molar-refractivity contribution in [2.75, 3.05) is 38.7 Å². The first-order valence-electron chi connectivity index (χ1n) is 6.59. The summed E-state index contributed by atoms with van der Waals surface area (Å²) in [5.74, 6) is 0.574. The molecule has 0 fully saturated rings. The van der Waals surface area contributed by atoms with Crippen LogP contribution in [-0.2, 0) is 4.74 Å². The number of ether oxygens (including phenoxy) is 2. The highest BCUT2D eigenvalue weighted by atomic mass is 35.5. The van der Waals surface area contributed by atoms with E-state index in [1.807, 2.05) is 13.8 Å². The number of carbonyl (C=O) groups is 1. The molecule has 0 unspecified atom stereocenters. The predicted octanol–water partition coefficient (Wildman–Crippen LogP) is 3.24. The molecule has 1 rings (SSSR count). The molecule has 0 aliphatic rings. The fourth-order valence-corrected chi connectivity index (χ4v) is 1.88. The van der Waals surface area contributed by atoms with E-state index in [4.69, 9.17) is 21.1 Å². The topological polar surface area (TPSA) is 50.8 Å². The van der Waals surface area contributed by atoms with E-state index in [2.05, 4.69) is 5.32 Å². The zero-order valence-electron chi connectivity index (χ0n) is 12.1. The van der Waals surface area contributed by atoms with Gasteiger partial charge in [0.2, 0.25) is 0 Å². The number of anilines is 1. The lowest BCUT2D eigenvalue weighted by Gasteiger charge is -2.19. The summed E-state index contributed by atoms with van der Waals surface area (Å²) in [5, 5.41) is 3.26. The number of hydrogen-bond donors (Lipinski definition) is 1. The maximum atomic E-state index is 11.9. The Labute approximate surface area is 124 Å². The second-order valence-electron chi connectivity index (χ2n) is 4.09. The van der Waals surface area contributed by atoms with Gasteiger partial charge < -0.3 is 19.7 Å². The molecule has 0 atom stereocenters. The Balaban J connectivity index is 2.65. The van der Waals surface area contributed by atoms with Crippen molar-refractivity contribution in [3.8, 4) is 5.75 Å². The predicted molar refractivity (Wildman–Crippen MR) is 80.8 cm³/mol. The molecule has 0 saturated carbocycles. The quantitative estimate of drug-likeness (QED) is 0.787. The Morgan fingerprint density at radius 2 is 2.00 bits per heavy atom. The molecule has 0 aliphatic heterocycles. The summed E-state index contributed by atoms with van der Waals surface area (Å²) >= 11 is 6.11. The third-order valence-electron chi connectivity index (χ3n) is 2.78. The van der Waals surface area contributed by atoms with Crippen LogP contribution in [0, 0.1) is 0 Å². The van der Waals surface area contributed by atoms with Gasteiger partial charge in [0.1, 0.15) is 12.4 Å². The first-order chi connectivity index (χ1) is 9.62. The van der Waals surface area contributed by atoms with Crippen LogP contribution in [0.5, 0.6) is 5.75 Å². The molecular formula is C14H21ClN2O3. The number of nitrogens with zero attached hydrogens (tertiary/aromatic N) is 1. The molecule has 1 aromatic carbocycles. The number of carbonyl (C=O) groups excluding carboxylic acids is 1. The van der Waals surface area contributed by atoms with Gasteiger partial charge in [-0.15, -0.1) is 0 Å². The maximum Gasteiger partial charge on any atom is 0.321 e. The molecular weight excluding hydrogens is 280 g/mol. The van der Waals surface area contributed by atoms with Crippen LogP contribution in [0.2, 0.25) is 5.02 Å². The molecule has 0 aliphatic carbocycles. The summed E-state index contributed by atoms with van der Waals surface area (Å²) in [5.41, 5.74) is 0.644. The molecule has 0 spiro atoms. The highest BCUT2D eigenvalue weighted by Crippen LogP contribution is 2.27. The van der Waals surface area contributed by atoms with Crippen molar-refractivity contribution in [2.45, 2.75) is 13.8 Å². The van der Waals surface area contributed by atoms with Gasteiger partial charge in [0.25, 0.3) is 0 Å². The summed E-state index contributed by atoms with van der Waals surface area (Å²) in [6.07, 6.45) is 0. The second kappa shape index (κ2) is 8.66. The molecule has 0 saturated heterocycles. The van der Waals surface area contributed by atoms with Crippen LogP contribution in [-0.4, -0.2) is 44.3 Å². The average molecular weight is 301 g/mol. The van der Waals surface area contributed by atoms with Gasteiger partial charge in [-0.05, 0) is 32.0 Å². The number of methoxy groups -OCH3 is 1. The monoisotopic (exact) mass is 300 g/mol. The minimum Gasteiger partial charge on any atom is -0.490 e. The van der Waals surface area contributed by atoms with Gasteiger partial charge in [-0.1, -0.05) is 11.6 Å². The van der Waals surface area contributed by atoms with Crippen molar-refractivity contribution < 1.29 is 14.3 Å². The number of halogens is 1. The van der Waals surface area contributed by atoms with Gasteiger partial charge in [-0.25, -0.2) is 4.79 Å². The molecule has 112 valence electrons. The molecule has 20 heavy (non-hydrogen) atoms. The average Bonchev–Trinajstić information content (AvgIpc) is 2.43. The molecule has 0 aromatic heterocycles. The van der Waals surface area contributed by atoms with E-state index in [9.17, 15) is 4.79 Å². The lowest BCUT2D eigenvalue weighted by atomic mass is 10.3. The van der Waals surface area contributed by atoms with E-state index < -0.39 is 0 Å². The molecule has 5 nitrogen and oxygen atoms in total. The van der Waals surface area contributed by atoms with Crippen LogP contribution < -0.4 is 10.1 Å². The number of hydrogen-bond acceptors (Lipinski definition) is 3. The van der Waals surface area contributed by atoms with Crippen molar-refractivity contribution in [3.63, 3.8) is 0 Å². The minimum atomic E-state index is -0.140. The van der Waals surface area contributed by atoms with E-state index in [0.717, 1.165) is 0 Å². The SMILES string of the molecule is CCN(CC)C(=O)Nc1ccc(OCCOC)c(Cl)c1. The van der Waals surface area contributed by atoms with Crippen molar-refractivity contribution in [3.05, 3.63) is 23.2 Å². The highest BCUT2D eigenvalue weighted by molar-refractivity contribution is 6.32. The maximum absolute atomic E-state index is 11.9. The Morgan fingerprint density at radius 1 is 1.30 bits per heavy atom. The number of urea groups is 1. The summed E-state index contributed by atoms with van der Waals surface area (Å²) in [7, 11) is 1.61. The summed E-state index contributed by atoms with van der Waals surface area (Å²) in [6, 6.07) is 5.02. The first-order valence-corrected chi connectivity index (χ1v) is 6.97. The minimum absolute atomic E-state index is 0.140. The number of amides is 2. The Kier molecular flexibility index (Phi) is 7.18. The summed E-state index contributed by atoms with van der Waals surface area (Å²) in [4.78, 5) is 13.6. The number of nitrogens with one attached hydrogen (secondary N) is 1. The van der Waals surface area contributed by atoms with Crippen molar-refractivity contribution >= 4 is 23.3 Å². The van der Waals surface area contributed by atoms with Crippen LogP contribution in [0.4, 0.5) is 10.5 Å². The molecule has 1 aromatic rings. The molecule has 0 heterocycles. The third kappa shape index (κ3) is 4.90. The van der Waals surface area contributed by atoms with Gasteiger partial charge in [-0.2, -0.15) is 0 Å². The van der Waals surface area contributed by atoms with Crippen LogP contribution >= 0.6 is 11.6 Å². The number of benzene rings is 1. The summed E-state index contributed by atoms with van der Waals surface area (Å²) < 4.78 is 10.3. The normalized spacial score (nSPS) is 10.2. The van der Waals surface area contributed by atoms with E-state index >= 15 is 0 Å². The van der Waals surface area contributed by atoms with Crippen molar-refractivity contribution in [2.24, 2.45) is 0 Å². The molecule has 2 amide bonds. The Bertz CT molecular complexity index is 436. The van der Waals surface area contributed by atoms with Gasteiger partial charge >= 0.3 is 6.03 Å². The molecule has 1 N–H and O–H groups in total. The summed E-state index contributed by atoms with van der Waals surface area (Å²) in [6.45, 7) is 6.12. The van der Waals surface area contributed by atoms with Crippen LogP contribution in [0.25, 0.3) is 0 Å². The highest BCUT2D eigenvalue weighted by Gasteiger charge is 2.10. The standard InChI is InChI=1S/C14H21ClN2O3/c1-4-17(5-2)14(18)16-11-6-7-13(12(15)10-11)20-9-8-19-3/h6-7,10H,4-5,8-9H2,1-3H3,(H,16,18). The zero-order chi connectivity index (χ0) is 15.0.